The average molecular weight is 173 g/mol. The SMILES string of the molecule is CC(C)CNC(CCO)C(C)C. The maximum atomic E-state index is 8.81. The normalized spacial score (nSPS) is 14.2. The van der Waals surface area contributed by atoms with E-state index in [4.69, 9.17) is 5.11 Å². The summed E-state index contributed by atoms with van der Waals surface area (Å²) < 4.78 is 0. The first kappa shape index (κ1) is 11.9. The van der Waals surface area contributed by atoms with Crippen LogP contribution in [0.25, 0.3) is 0 Å². The van der Waals surface area contributed by atoms with E-state index in [0.29, 0.717) is 17.9 Å². The second kappa shape index (κ2) is 6.44. The summed E-state index contributed by atoms with van der Waals surface area (Å²) in [4.78, 5) is 0. The van der Waals surface area contributed by atoms with Gasteiger partial charge in [0.05, 0.1) is 0 Å². The van der Waals surface area contributed by atoms with Crippen molar-refractivity contribution in [3.05, 3.63) is 0 Å². The Balaban J connectivity index is 3.63. The summed E-state index contributed by atoms with van der Waals surface area (Å²) in [6.07, 6.45) is 0.865. The molecule has 0 fully saturated rings. The molecule has 1 unspecified atom stereocenters. The fraction of sp³-hybridized carbons (Fsp3) is 1.00. The molecule has 1 atom stereocenters. The van der Waals surface area contributed by atoms with Crippen LogP contribution < -0.4 is 5.32 Å². The maximum absolute atomic E-state index is 8.81. The standard InChI is InChI=1S/C10H23NO/c1-8(2)7-11-10(5-6-12)9(3)4/h8-12H,5-7H2,1-4H3. The molecule has 0 aliphatic rings. The van der Waals surface area contributed by atoms with Gasteiger partial charge in [0, 0.05) is 12.6 Å². The highest BCUT2D eigenvalue weighted by Gasteiger charge is 2.11. The minimum absolute atomic E-state index is 0.286. The van der Waals surface area contributed by atoms with Gasteiger partial charge in [-0.25, -0.2) is 0 Å². The Morgan fingerprint density at radius 3 is 2.08 bits per heavy atom. The van der Waals surface area contributed by atoms with E-state index in [0.717, 1.165) is 13.0 Å². The van der Waals surface area contributed by atoms with Crippen molar-refractivity contribution in [1.29, 1.82) is 0 Å². The van der Waals surface area contributed by atoms with Crippen molar-refractivity contribution in [2.45, 2.75) is 40.2 Å². The molecule has 2 nitrogen and oxygen atoms in total. The van der Waals surface area contributed by atoms with Gasteiger partial charge in [-0.05, 0) is 24.8 Å². The Morgan fingerprint density at radius 1 is 1.17 bits per heavy atom. The molecule has 0 aromatic carbocycles. The summed E-state index contributed by atoms with van der Waals surface area (Å²) in [6, 6.07) is 0.470. The van der Waals surface area contributed by atoms with Gasteiger partial charge in [-0.3, -0.25) is 0 Å². The molecular weight excluding hydrogens is 150 g/mol. The second-order valence-corrected chi connectivity index (χ2v) is 4.16. The Morgan fingerprint density at radius 2 is 1.75 bits per heavy atom. The van der Waals surface area contributed by atoms with Crippen LogP contribution in [-0.2, 0) is 0 Å². The zero-order chi connectivity index (χ0) is 9.56. The first-order valence-corrected chi connectivity index (χ1v) is 4.92. The van der Waals surface area contributed by atoms with E-state index in [1.165, 1.54) is 0 Å². The van der Waals surface area contributed by atoms with Gasteiger partial charge in [0.2, 0.25) is 0 Å². The van der Waals surface area contributed by atoms with Crippen molar-refractivity contribution < 1.29 is 5.11 Å². The van der Waals surface area contributed by atoms with Crippen LogP contribution in [0.5, 0.6) is 0 Å². The van der Waals surface area contributed by atoms with Crippen LogP contribution >= 0.6 is 0 Å². The second-order valence-electron chi connectivity index (χ2n) is 4.16. The summed E-state index contributed by atoms with van der Waals surface area (Å²) in [6.45, 7) is 10.1. The van der Waals surface area contributed by atoms with E-state index in [1.807, 2.05) is 0 Å². The molecule has 0 aliphatic heterocycles. The molecule has 0 radical (unpaired) electrons. The third-order valence-electron chi connectivity index (χ3n) is 2.03. The Bertz CT molecular complexity index is 102. The number of aliphatic hydroxyl groups is 1. The summed E-state index contributed by atoms with van der Waals surface area (Å²) in [5, 5.41) is 12.3. The van der Waals surface area contributed by atoms with Gasteiger partial charge >= 0.3 is 0 Å². The molecule has 0 aromatic rings. The third kappa shape index (κ3) is 5.56. The third-order valence-corrected chi connectivity index (χ3v) is 2.03. The van der Waals surface area contributed by atoms with E-state index >= 15 is 0 Å². The highest BCUT2D eigenvalue weighted by Crippen LogP contribution is 2.05. The zero-order valence-electron chi connectivity index (χ0n) is 8.80. The summed E-state index contributed by atoms with van der Waals surface area (Å²) in [5.41, 5.74) is 0. The monoisotopic (exact) mass is 173 g/mol. The fourth-order valence-electron chi connectivity index (χ4n) is 1.20. The number of aliphatic hydroxyl groups excluding tert-OH is 1. The predicted molar refractivity (Wildman–Crippen MR) is 53.2 cm³/mol. The zero-order valence-corrected chi connectivity index (χ0v) is 8.80. The Hall–Kier alpha value is -0.0800. The molecule has 0 spiro atoms. The van der Waals surface area contributed by atoms with Crippen molar-refractivity contribution in [2.75, 3.05) is 13.2 Å². The van der Waals surface area contributed by atoms with Gasteiger partial charge in [0.1, 0.15) is 0 Å². The molecule has 0 saturated carbocycles. The summed E-state index contributed by atoms with van der Waals surface area (Å²) in [7, 11) is 0. The lowest BCUT2D eigenvalue weighted by atomic mass is 10.0. The van der Waals surface area contributed by atoms with Crippen LogP contribution in [0.4, 0.5) is 0 Å². The van der Waals surface area contributed by atoms with Gasteiger partial charge in [-0.15, -0.1) is 0 Å². The first-order valence-electron chi connectivity index (χ1n) is 4.92. The van der Waals surface area contributed by atoms with E-state index in [9.17, 15) is 0 Å². The quantitative estimate of drug-likeness (QED) is 0.640. The van der Waals surface area contributed by atoms with Gasteiger partial charge in [0.25, 0.3) is 0 Å². The molecule has 0 amide bonds. The fourth-order valence-corrected chi connectivity index (χ4v) is 1.20. The van der Waals surface area contributed by atoms with E-state index in [2.05, 4.69) is 33.0 Å². The molecule has 0 heterocycles. The topological polar surface area (TPSA) is 32.3 Å². The number of hydrogen-bond donors (Lipinski definition) is 2. The van der Waals surface area contributed by atoms with Crippen molar-refractivity contribution in [1.82, 2.24) is 5.32 Å². The molecule has 2 heteroatoms. The minimum Gasteiger partial charge on any atom is -0.396 e. The van der Waals surface area contributed by atoms with Crippen LogP contribution in [0.2, 0.25) is 0 Å². The van der Waals surface area contributed by atoms with Crippen LogP contribution in [0.1, 0.15) is 34.1 Å². The largest absolute Gasteiger partial charge is 0.396 e. The van der Waals surface area contributed by atoms with Gasteiger partial charge < -0.3 is 10.4 Å². The molecule has 0 saturated heterocycles. The van der Waals surface area contributed by atoms with Crippen molar-refractivity contribution in [3.8, 4) is 0 Å². The molecule has 0 aromatic heterocycles. The first-order chi connectivity index (χ1) is 5.57. The lowest BCUT2D eigenvalue weighted by Gasteiger charge is -2.22. The van der Waals surface area contributed by atoms with E-state index in [1.54, 1.807) is 0 Å². The number of rotatable bonds is 6. The molecule has 0 rings (SSSR count). The molecule has 2 N–H and O–H groups in total. The van der Waals surface area contributed by atoms with Gasteiger partial charge in [-0.1, -0.05) is 27.7 Å². The molecule has 0 aliphatic carbocycles. The predicted octanol–water partition coefficient (Wildman–Crippen LogP) is 1.64. The van der Waals surface area contributed by atoms with Crippen LogP contribution in [0.3, 0.4) is 0 Å². The molecule has 0 bridgehead atoms. The van der Waals surface area contributed by atoms with Crippen LogP contribution in [-0.4, -0.2) is 24.3 Å². The van der Waals surface area contributed by atoms with Crippen LogP contribution in [0.15, 0.2) is 0 Å². The molecule has 74 valence electrons. The minimum atomic E-state index is 0.286. The highest BCUT2D eigenvalue weighted by atomic mass is 16.3. The molecule has 12 heavy (non-hydrogen) atoms. The Kier molecular flexibility index (Phi) is 6.39. The summed E-state index contributed by atoms with van der Waals surface area (Å²) >= 11 is 0. The lowest BCUT2D eigenvalue weighted by Crippen LogP contribution is -2.36. The van der Waals surface area contributed by atoms with E-state index < -0.39 is 0 Å². The van der Waals surface area contributed by atoms with Crippen molar-refractivity contribution in [3.63, 3.8) is 0 Å². The van der Waals surface area contributed by atoms with Crippen molar-refractivity contribution >= 4 is 0 Å². The average Bonchev–Trinajstić information content (AvgIpc) is 1.96. The lowest BCUT2D eigenvalue weighted by molar-refractivity contribution is 0.241. The summed E-state index contributed by atoms with van der Waals surface area (Å²) in [5.74, 6) is 1.29. The van der Waals surface area contributed by atoms with E-state index in [-0.39, 0.29) is 6.61 Å². The highest BCUT2D eigenvalue weighted by molar-refractivity contribution is 4.70. The Labute approximate surface area is 76.4 Å². The van der Waals surface area contributed by atoms with Gasteiger partial charge in [-0.2, -0.15) is 0 Å². The van der Waals surface area contributed by atoms with Gasteiger partial charge in [0.15, 0.2) is 0 Å². The maximum Gasteiger partial charge on any atom is 0.0445 e. The molecular formula is C10H23NO. The van der Waals surface area contributed by atoms with Crippen molar-refractivity contribution in [2.24, 2.45) is 11.8 Å². The number of hydrogen-bond acceptors (Lipinski definition) is 2. The van der Waals surface area contributed by atoms with Crippen LogP contribution in [0, 0.1) is 11.8 Å². The smallest absolute Gasteiger partial charge is 0.0445 e. The number of nitrogens with one attached hydrogen (secondary N) is 1.